The van der Waals surface area contributed by atoms with E-state index in [1.54, 1.807) is 6.20 Å². The molecule has 0 radical (unpaired) electrons. The molecule has 0 aliphatic carbocycles. The number of nitrogens with one attached hydrogen (secondary N) is 2. The Labute approximate surface area is 72.2 Å². The zero-order chi connectivity index (χ0) is 8.60. The van der Waals surface area contributed by atoms with Gasteiger partial charge in [0.2, 0.25) is 0 Å². The first-order valence-corrected chi connectivity index (χ1v) is 4.14. The molecule has 0 unspecified atom stereocenters. The molecule has 64 valence electrons. The molecule has 1 aromatic rings. The van der Waals surface area contributed by atoms with Crippen molar-refractivity contribution in [3.05, 3.63) is 18.3 Å². The van der Waals surface area contributed by atoms with Crippen LogP contribution in [0.4, 0.5) is 11.5 Å². The van der Waals surface area contributed by atoms with Crippen LogP contribution in [0.2, 0.25) is 0 Å². The molecule has 12 heavy (non-hydrogen) atoms. The van der Waals surface area contributed by atoms with E-state index in [4.69, 9.17) is 0 Å². The SMILES string of the molecule is CC1(C)CNc2cccnc2N1. The minimum Gasteiger partial charge on any atom is -0.380 e. The minimum atomic E-state index is 0.0986. The second-order valence-electron chi connectivity index (χ2n) is 3.76. The topological polar surface area (TPSA) is 37.0 Å². The van der Waals surface area contributed by atoms with E-state index in [2.05, 4.69) is 29.5 Å². The monoisotopic (exact) mass is 163 g/mol. The molecular formula is C9H13N3. The molecule has 0 amide bonds. The molecule has 1 aromatic heterocycles. The van der Waals surface area contributed by atoms with Gasteiger partial charge in [-0.15, -0.1) is 0 Å². The zero-order valence-electron chi connectivity index (χ0n) is 7.39. The third-order valence-corrected chi connectivity index (χ3v) is 1.99. The fraction of sp³-hybridized carbons (Fsp3) is 0.444. The summed E-state index contributed by atoms with van der Waals surface area (Å²) in [5, 5.41) is 6.69. The summed E-state index contributed by atoms with van der Waals surface area (Å²) < 4.78 is 0. The van der Waals surface area contributed by atoms with Crippen molar-refractivity contribution in [1.82, 2.24) is 4.98 Å². The summed E-state index contributed by atoms with van der Waals surface area (Å²) in [7, 11) is 0. The van der Waals surface area contributed by atoms with Crippen LogP contribution < -0.4 is 10.6 Å². The van der Waals surface area contributed by atoms with Crippen LogP contribution in [-0.4, -0.2) is 17.1 Å². The summed E-state index contributed by atoms with van der Waals surface area (Å²) in [6, 6.07) is 3.97. The largest absolute Gasteiger partial charge is 0.380 e. The first kappa shape index (κ1) is 7.40. The highest BCUT2D eigenvalue weighted by atomic mass is 15.1. The molecule has 1 aliphatic heterocycles. The molecular weight excluding hydrogens is 150 g/mol. The van der Waals surface area contributed by atoms with Crippen molar-refractivity contribution in [3.63, 3.8) is 0 Å². The molecule has 2 N–H and O–H groups in total. The summed E-state index contributed by atoms with van der Waals surface area (Å²) in [6.07, 6.45) is 1.80. The lowest BCUT2D eigenvalue weighted by Crippen LogP contribution is -2.42. The number of anilines is 2. The standard InChI is InChI=1S/C9H13N3/c1-9(2)6-11-7-4-3-5-10-8(7)12-9/h3-5,11H,6H2,1-2H3,(H,10,12). The summed E-state index contributed by atoms with van der Waals surface area (Å²) >= 11 is 0. The average Bonchev–Trinajstić information content (AvgIpc) is 2.02. The van der Waals surface area contributed by atoms with E-state index in [1.165, 1.54) is 0 Å². The van der Waals surface area contributed by atoms with Crippen LogP contribution in [0.25, 0.3) is 0 Å². The molecule has 0 bridgehead atoms. The van der Waals surface area contributed by atoms with Gasteiger partial charge >= 0.3 is 0 Å². The van der Waals surface area contributed by atoms with Crippen molar-refractivity contribution in [2.24, 2.45) is 0 Å². The maximum atomic E-state index is 4.24. The van der Waals surface area contributed by atoms with E-state index in [9.17, 15) is 0 Å². The Hall–Kier alpha value is -1.25. The van der Waals surface area contributed by atoms with Crippen LogP contribution >= 0.6 is 0 Å². The lowest BCUT2D eigenvalue weighted by molar-refractivity contribution is 0.585. The molecule has 2 heterocycles. The molecule has 2 rings (SSSR count). The predicted octanol–water partition coefficient (Wildman–Crippen LogP) is 1.70. The van der Waals surface area contributed by atoms with Crippen LogP contribution in [0, 0.1) is 0 Å². The normalized spacial score (nSPS) is 18.8. The van der Waals surface area contributed by atoms with Gasteiger partial charge in [0.15, 0.2) is 0 Å². The van der Waals surface area contributed by atoms with E-state index < -0.39 is 0 Å². The van der Waals surface area contributed by atoms with E-state index in [1.807, 2.05) is 12.1 Å². The number of hydrogen-bond acceptors (Lipinski definition) is 3. The van der Waals surface area contributed by atoms with Gasteiger partial charge in [0.05, 0.1) is 11.2 Å². The van der Waals surface area contributed by atoms with Crippen LogP contribution in [0.15, 0.2) is 18.3 Å². The van der Waals surface area contributed by atoms with Crippen LogP contribution in [-0.2, 0) is 0 Å². The van der Waals surface area contributed by atoms with Crippen molar-refractivity contribution in [2.75, 3.05) is 17.2 Å². The summed E-state index contributed by atoms with van der Waals surface area (Å²) in [4.78, 5) is 4.24. The molecule has 0 saturated carbocycles. The quantitative estimate of drug-likeness (QED) is 0.611. The van der Waals surface area contributed by atoms with Gasteiger partial charge in [-0.25, -0.2) is 4.98 Å². The number of aromatic nitrogens is 1. The number of pyridine rings is 1. The molecule has 0 atom stereocenters. The third-order valence-electron chi connectivity index (χ3n) is 1.99. The smallest absolute Gasteiger partial charge is 0.149 e. The van der Waals surface area contributed by atoms with Crippen molar-refractivity contribution < 1.29 is 0 Å². The fourth-order valence-corrected chi connectivity index (χ4v) is 1.33. The highest BCUT2D eigenvalue weighted by Crippen LogP contribution is 2.26. The molecule has 3 heteroatoms. The maximum Gasteiger partial charge on any atom is 0.149 e. The Bertz CT molecular complexity index is 294. The Morgan fingerprint density at radius 1 is 1.50 bits per heavy atom. The van der Waals surface area contributed by atoms with Gasteiger partial charge in [0.25, 0.3) is 0 Å². The lowest BCUT2D eigenvalue weighted by atomic mass is 10.0. The van der Waals surface area contributed by atoms with Gasteiger partial charge in [-0.3, -0.25) is 0 Å². The molecule has 0 fully saturated rings. The van der Waals surface area contributed by atoms with Gasteiger partial charge in [0, 0.05) is 12.7 Å². The molecule has 0 spiro atoms. The minimum absolute atomic E-state index is 0.0986. The molecule has 1 aliphatic rings. The zero-order valence-corrected chi connectivity index (χ0v) is 7.39. The van der Waals surface area contributed by atoms with E-state index in [0.717, 1.165) is 18.1 Å². The molecule has 0 saturated heterocycles. The third kappa shape index (κ3) is 1.22. The van der Waals surface area contributed by atoms with Crippen LogP contribution in [0.1, 0.15) is 13.8 Å². The molecule has 3 nitrogen and oxygen atoms in total. The van der Waals surface area contributed by atoms with E-state index in [0.29, 0.717) is 0 Å². The number of rotatable bonds is 0. The lowest BCUT2D eigenvalue weighted by Gasteiger charge is -2.33. The van der Waals surface area contributed by atoms with Crippen molar-refractivity contribution in [3.8, 4) is 0 Å². The van der Waals surface area contributed by atoms with Gasteiger partial charge in [-0.1, -0.05) is 0 Å². The number of fused-ring (bicyclic) bond motifs is 1. The molecule has 0 aromatic carbocycles. The second-order valence-corrected chi connectivity index (χ2v) is 3.76. The van der Waals surface area contributed by atoms with Crippen molar-refractivity contribution in [1.29, 1.82) is 0 Å². The highest BCUT2D eigenvalue weighted by Gasteiger charge is 2.23. The van der Waals surface area contributed by atoms with Gasteiger partial charge in [-0.2, -0.15) is 0 Å². The Morgan fingerprint density at radius 2 is 2.33 bits per heavy atom. The van der Waals surface area contributed by atoms with E-state index in [-0.39, 0.29) is 5.54 Å². The summed E-state index contributed by atoms with van der Waals surface area (Å²) in [5.74, 6) is 0.953. The first-order chi connectivity index (χ1) is 5.67. The average molecular weight is 163 g/mol. The van der Waals surface area contributed by atoms with Gasteiger partial charge in [-0.05, 0) is 26.0 Å². The second kappa shape index (κ2) is 2.37. The highest BCUT2D eigenvalue weighted by molar-refractivity contribution is 5.67. The van der Waals surface area contributed by atoms with Crippen molar-refractivity contribution in [2.45, 2.75) is 19.4 Å². The van der Waals surface area contributed by atoms with Crippen LogP contribution in [0.3, 0.4) is 0 Å². The summed E-state index contributed by atoms with van der Waals surface area (Å²) in [5.41, 5.74) is 1.19. The van der Waals surface area contributed by atoms with Gasteiger partial charge < -0.3 is 10.6 Å². The fourth-order valence-electron chi connectivity index (χ4n) is 1.33. The first-order valence-electron chi connectivity index (χ1n) is 4.14. The van der Waals surface area contributed by atoms with E-state index >= 15 is 0 Å². The Morgan fingerprint density at radius 3 is 3.17 bits per heavy atom. The number of hydrogen-bond donors (Lipinski definition) is 2. The Balaban J connectivity index is 2.35. The van der Waals surface area contributed by atoms with Gasteiger partial charge in [0.1, 0.15) is 5.82 Å². The Kier molecular flexibility index (Phi) is 1.46. The van der Waals surface area contributed by atoms with Crippen LogP contribution in [0.5, 0.6) is 0 Å². The maximum absolute atomic E-state index is 4.24. The van der Waals surface area contributed by atoms with Crippen molar-refractivity contribution >= 4 is 11.5 Å². The number of nitrogens with zero attached hydrogens (tertiary/aromatic N) is 1. The summed E-state index contributed by atoms with van der Waals surface area (Å²) in [6.45, 7) is 5.24. The predicted molar refractivity (Wildman–Crippen MR) is 50.4 cm³/mol.